The maximum atomic E-state index is 14.0. The van der Waals surface area contributed by atoms with Crippen LogP contribution in [0, 0.1) is 11.6 Å². The van der Waals surface area contributed by atoms with E-state index in [9.17, 15) is 8.78 Å². The molecule has 1 saturated heterocycles. The van der Waals surface area contributed by atoms with Gasteiger partial charge in [-0.3, -0.25) is 0 Å². The summed E-state index contributed by atoms with van der Waals surface area (Å²) in [5.74, 6) is -1.99. The molecule has 3 rings (SSSR count). The van der Waals surface area contributed by atoms with Gasteiger partial charge in [-0.25, -0.2) is 4.39 Å². The van der Waals surface area contributed by atoms with E-state index in [0.29, 0.717) is 13.2 Å². The van der Waals surface area contributed by atoms with Gasteiger partial charge in [0.1, 0.15) is 0 Å². The van der Waals surface area contributed by atoms with E-state index < -0.39 is 17.9 Å². The average molecular weight is 300 g/mol. The Morgan fingerprint density at radius 2 is 2.10 bits per heavy atom. The number of halogens is 2. The minimum absolute atomic E-state index is 0.0413. The van der Waals surface area contributed by atoms with Crippen LogP contribution >= 0.6 is 0 Å². The van der Waals surface area contributed by atoms with Gasteiger partial charge >= 0.3 is 0 Å². The van der Waals surface area contributed by atoms with Crippen LogP contribution in [-0.2, 0) is 9.47 Å². The van der Waals surface area contributed by atoms with E-state index in [1.807, 2.05) is 0 Å². The van der Waals surface area contributed by atoms with Crippen LogP contribution in [0.15, 0.2) is 10.6 Å². The zero-order valence-electron chi connectivity index (χ0n) is 11.2. The minimum Gasteiger partial charge on any atom is -0.394 e. The Balaban J connectivity index is 2.08. The first kappa shape index (κ1) is 14.2. The number of fused-ring (bicyclic) bond motifs is 1. The number of aromatic nitrogens is 1. The molecule has 2 heterocycles. The Morgan fingerprint density at radius 3 is 2.76 bits per heavy atom. The molecular formula is C13H14F2N2O4. The summed E-state index contributed by atoms with van der Waals surface area (Å²) in [6.45, 7) is 2.21. The van der Waals surface area contributed by atoms with Crippen LogP contribution in [0.3, 0.4) is 0 Å². The molecule has 0 radical (unpaired) electrons. The fourth-order valence-electron chi connectivity index (χ4n) is 2.13. The molecule has 0 saturated carbocycles. The number of hydrogen-bond acceptors (Lipinski definition) is 6. The van der Waals surface area contributed by atoms with Crippen molar-refractivity contribution in [1.29, 1.82) is 0 Å². The van der Waals surface area contributed by atoms with Crippen LogP contribution in [0.2, 0.25) is 0 Å². The number of anilines is 1. The molecule has 2 N–H and O–H groups in total. The predicted octanol–water partition coefficient (Wildman–Crippen LogP) is 1.94. The third-order valence-corrected chi connectivity index (χ3v) is 3.21. The van der Waals surface area contributed by atoms with Gasteiger partial charge in [-0.2, -0.15) is 4.39 Å². The zero-order valence-corrected chi connectivity index (χ0v) is 11.2. The summed E-state index contributed by atoms with van der Waals surface area (Å²) in [5, 5.41) is 15.8. The minimum atomic E-state index is -1.14. The van der Waals surface area contributed by atoms with Gasteiger partial charge in [0.25, 0.3) is 0 Å². The van der Waals surface area contributed by atoms with E-state index in [-0.39, 0.29) is 35.0 Å². The fourth-order valence-corrected chi connectivity index (χ4v) is 2.13. The quantitative estimate of drug-likeness (QED) is 0.898. The van der Waals surface area contributed by atoms with Gasteiger partial charge in [0.05, 0.1) is 25.2 Å². The molecule has 1 aromatic heterocycles. The van der Waals surface area contributed by atoms with E-state index >= 15 is 0 Å². The van der Waals surface area contributed by atoms with Gasteiger partial charge < -0.3 is 24.4 Å². The van der Waals surface area contributed by atoms with Gasteiger partial charge in [0.15, 0.2) is 17.9 Å². The number of aliphatic hydroxyl groups is 1. The van der Waals surface area contributed by atoms with Gasteiger partial charge in [0, 0.05) is 11.6 Å². The molecule has 0 amide bonds. The Hall–Kier alpha value is -1.77. The molecule has 1 atom stereocenters. The van der Waals surface area contributed by atoms with E-state index in [4.69, 9.17) is 19.1 Å². The number of benzene rings is 1. The highest BCUT2D eigenvalue weighted by Gasteiger charge is 2.28. The van der Waals surface area contributed by atoms with Gasteiger partial charge in [-0.1, -0.05) is 5.16 Å². The van der Waals surface area contributed by atoms with Crippen LogP contribution < -0.4 is 5.32 Å². The second-order valence-electron chi connectivity index (χ2n) is 4.80. The molecule has 0 unspecified atom stereocenters. The predicted molar refractivity (Wildman–Crippen MR) is 68.7 cm³/mol. The normalized spacial score (nSPS) is 17.5. The van der Waals surface area contributed by atoms with E-state index in [1.54, 1.807) is 6.92 Å². The molecule has 0 aliphatic carbocycles. The largest absolute Gasteiger partial charge is 0.394 e. The lowest BCUT2D eigenvalue weighted by atomic mass is 10.1. The van der Waals surface area contributed by atoms with Gasteiger partial charge in [0.2, 0.25) is 11.4 Å². The summed E-state index contributed by atoms with van der Waals surface area (Å²) in [4.78, 5) is 0. The Morgan fingerprint density at radius 1 is 1.38 bits per heavy atom. The van der Waals surface area contributed by atoms with Crippen LogP contribution in [0.1, 0.15) is 18.8 Å². The monoisotopic (exact) mass is 300 g/mol. The van der Waals surface area contributed by atoms with E-state index in [1.165, 1.54) is 6.07 Å². The number of nitrogens with zero attached hydrogens (tertiary/aromatic N) is 1. The number of ether oxygens (including phenoxy) is 2. The number of hydrogen-bond donors (Lipinski definition) is 2. The van der Waals surface area contributed by atoms with Crippen molar-refractivity contribution in [2.75, 3.05) is 25.1 Å². The van der Waals surface area contributed by atoms with Crippen molar-refractivity contribution in [3.05, 3.63) is 23.3 Å². The van der Waals surface area contributed by atoms with Gasteiger partial charge in [-0.05, 0) is 13.0 Å². The highest BCUT2D eigenvalue weighted by atomic mass is 19.2. The second-order valence-corrected chi connectivity index (χ2v) is 4.80. The molecule has 1 aromatic carbocycles. The first-order valence-electron chi connectivity index (χ1n) is 6.49. The van der Waals surface area contributed by atoms with Crippen molar-refractivity contribution in [3.63, 3.8) is 0 Å². The molecule has 1 fully saturated rings. The van der Waals surface area contributed by atoms with Crippen LogP contribution in [0.5, 0.6) is 0 Å². The SMILES string of the molecule is C[C@@H](CO)Nc1noc2c(F)c(F)c(C3OCCO3)cc12. The Labute approximate surface area is 118 Å². The smallest absolute Gasteiger partial charge is 0.207 e. The lowest BCUT2D eigenvalue weighted by Crippen LogP contribution is -2.19. The third-order valence-electron chi connectivity index (χ3n) is 3.21. The topological polar surface area (TPSA) is 76.8 Å². The van der Waals surface area contributed by atoms with Crippen molar-refractivity contribution >= 4 is 16.8 Å². The van der Waals surface area contributed by atoms with Gasteiger partial charge in [-0.15, -0.1) is 0 Å². The van der Waals surface area contributed by atoms with E-state index in [0.717, 1.165) is 0 Å². The summed E-state index contributed by atoms with van der Waals surface area (Å²) >= 11 is 0. The van der Waals surface area contributed by atoms with Crippen molar-refractivity contribution in [1.82, 2.24) is 5.16 Å². The van der Waals surface area contributed by atoms with Crippen molar-refractivity contribution in [3.8, 4) is 0 Å². The molecule has 2 aromatic rings. The van der Waals surface area contributed by atoms with Crippen LogP contribution in [0.4, 0.5) is 14.6 Å². The fraction of sp³-hybridized carbons (Fsp3) is 0.462. The van der Waals surface area contributed by atoms with Crippen molar-refractivity contribution < 1.29 is 27.9 Å². The van der Waals surface area contributed by atoms with Crippen molar-refractivity contribution in [2.45, 2.75) is 19.3 Å². The summed E-state index contributed by atoms with van der Waals surface area (Å²) < 4.78 is 43.3. The average Bonchev–Trinajstić information content (AvgIpc) is 3.12. The summed E-state index contributed by atoms with van der Waals surface area (Å²) in [5.41, 5.74) is -0.331. The molecule has 8 heteroatoms. The standard InChI is InChI=1S/C13H14F2N2O4/c1-6(5-18)16-12-8-4-7(13-19-2-3-20-13)9(14)10(15)11(8)21-17-12/h4,6,13,18H,2-3,5H2,1H3,(H,16,17)/t6-/m0/s1. The first-order chi connectivity index (χ1) is 10.1. The lowest BCUT2D eigenvalue weighted by molar-refractivity contribution is -0.0467. The Bertz CT molecular complexity index is 655. The summed E-state index contributed by atoms with van der Waals surface area (Å²) in [6.07, 6.45) is -0.943. The maximum Gasteiger partial charge on any atom is 0.207 e. The number of rotatable bonds is 4. The highest BCUT2D eigenvalue weighted by Crippen LogP contribution is 2.34. The molecule has 21 heavy (non-hydrogen) atoms. The molecule has 1 aliphatic rings. The molecule has 114 valence electrons. The summed E-state index contributed by atoms with van der Waals surface area (Å²) in [6, 6.07) is 1.07. The molecule has 0 spiro atoms. The zero-order chi connectivity index (χ0) is 15.0. The maximum absolute atomic E-state index is 14.0. The summed E-state index contributed by atoms with van der Waals surface area (Å²) in [7, 11) is 0. The Kier molecular flexibility index (Phi) is 3.75. The second kappa shape index (κ2) is 5.55. The number of aliphatic hydroxyl groups excluding tert-OH is 1. The van der Waals surface area contributed by atoms with Crippen LogP contribution in [0.25, 0.3) is 11.0 Å². The van der Waals surface area contributed by atoms with Crippen LogP contribution in [-0.4, -0.2) is 36.1 Å². The van der Waals surface area contributed by atoms with E-state index in [2.05, 4.69) is 10.5 Å². The highest BCUT2D eigenvalue weighted by molar-refractivity contribution is 5.89. The molecular weight excluding hydrogens is 286 g/mol. The van der Waals surface area contributed by atoms with Crippen molar-refractivity contribution in [2.24, 2.45) is 0 Å². The third kappa shape index (κ3) is 2.45. The lowest BCUT2D eigenvalue weighted by Gasteiger charge is -2.12. The first-order valence-corrected chi connectivity index (χ1v) is 6.49. The number of nitrogens with one attached hydrogen (secondary N) is 1. The molecule has 1 aliphatic heterocycles. The molecule has 0 bridgehead atoms. The molecule has 6 nitrogen and oxygen atoms in total.